The third-order valence-electron chi connectivity index (χ3n) is 1.97. The molecule has 1 aromatic rings. The van der Waals surface area contributed by atoms with Gasteiger partial charge in [0, 0.05) is 29.1 Å². The van der Waals surface area contributed by atoms with Crippen LogP contribution in [-0.2, 0) is 0 Å². The molecule has 0 saturated carbocycles. The van der Waals surface area contributed by atoms with E-state index in [0.29, 0.717) is 4.83 Å². The Balaban J connectivity index is 2.52. The van der Waals surface area contributed by atoms with Crippen molar-refractivity contribution in [3.05, 3.63) is 22.8 Å². The Kier molecular flexibility index (Phi) is 4.89. The van der Waals surface area contributed by atoms with Crippen molar-refractivity contribution in [2.24, 2.45) is 0 Å². The molecule has 0 N–H and O–H groups in total. The lowest BCUT2D eigenvalue weighted by molar-refractivity contribution is 0.778. The van der Waals surface area contributed by atoms with Gasteiger partial charge < -0.3 is 4.90 Å². The largest absolute Gasteiger partial charge is 0.360 e. The summed E-state index contributed by atoms with van der Waals surface area (Å²) in [5.74, 6) is 1.02. The van der Waals surface area contributed by atoms with Crippen molar-refractivity contribution in [1.82, 2.24) is 4.98 Å². The first kappa shape index (κ1) is 12.0. The van der Waals surface area contributed by atoms with Crippen molar-refractivity contribution >= 4 is 37.7 Å². The topological polar surface area (TPSA) is 16.1 Å². The van der Waals surface area contributed by atoms with Gasteiger partial charge in [-0.15, -0.1) is 0 Å². The molecule has 0 bridgehead atoms. The maximum atomic E-state index is 4.32. The van der Waals surface area contributed by atoms with Crippen molar-refractivity contribution in [3.63, 3.8) is 0 Å². The predicted molar refractivity (Wildman–Crippen MR) is 68.2 cm³/mol. The summed E-state index contributed by atoms with van der Waals surface area (Å²) in [4.78, 5) is 7.03. The number of hydrogen-bond donors (Lipinski definition) is 0. The molecule has 78 valence electrons. The van der Waals surface area contributed by atoms with Gasteiger partial charge in [-0.3, -0.25) is 0 Å². The van der Waals surface area contributed by atoms with Gasteiger partial charge in [0.15, 0.2) is 0 Å². The maximum absolute atomic E-state index is 4.32. The van der Waals surface area contributed by atoms with Crippen molar-refractivity contribution in [3.8, 4) is 0 Å². The number of hydrogen-bond acceptors (Lipinski definition) is 2. The standard InChI is InChI=1S/C10H14Br2N2/c1-8(11)5-6-14(2)10-4-3-9(12)7-13-10/h3-4,7-8H,5-6H2,1-2H3. The molecular weight excluding hydrogens is 308 g/mol. The fourth-order valence-electron chi connectivity index (χ4n) is 1.08. The van der Waals surface area contributed by atoms with Crippen LogP contribution >= 0.6 is 31.9 Å². The Morgan fingerprint density at radius 2 is 2.21 bits per heavy atom. The summed E-state index contributed by atoms with van der Waals surface area (Å²) in [6.45, 7) is 3.17. The summed E-state index contributed by atoms with van der Waals surface area (Å²) in [7, 11) is 2.06. The molecule has 14 heavy (non-hydrogen) atoms. The van der Waals surface area contributed by atoms with Gasteiger partial charge in [0.25, 0.3) is 0 Å². The lowest BCUT2D eigenvalue weighted by atomic mass is 10.3. The van der Waals surface area contributed by atoms with Crippen LogP contribution in [0.1, 0.15) is 13.3 Å². The van der Waals surface area contributed by atoms with Gasteiger partial charge in [0.2, 0.25) is 0 Å². The zero-order chi connectivity index (χ0) is 10.6. The van der Waals surface area contributed by atoms with E-state index in [-0.39, 0.29) is 0 Å². The molecular formula is C10H14Br2N2. The molecule has 1 atom stereocenters. The molecule has 0 amide bonds. The summed E-state index contributed by atoms with van der Waals surface area (Å²) < 4.78 is 1.02. The monoisotopic (exact) mass is 320 g/mol. The van der Waals surface area contributed by atoms with E-state index >= 15 is 0 Å². The van der Waals surface area contributed by atoms with Gasteiger partial charge in [-0.25, -0.2) is 4.98 Å². The molecule has 0 aliphatic heterocycles. The third kappa shape index (κ3) is 3.96. The highest BCUT2D eigenvalue weighted by molar-refractivity contribution is 9.10. The molecule has 0 radical (unpaired) electrons. The van der Waals surface area contributed by atoms with Gasteiger partial charge in [-0.2, -0.15) is 0 Å². The summed E-state index contributed by atoms with van der Waals surface area (Å²) in [6, 6.07) is 4.03. The lowest BCUT2D eigenvalue weighted by Crippen LogP contribution is -2.21. The average molecular weight is 322 g/mol. The Hall–Kier alpha value is -0.0900. The quantitative estimate of drug-likeness (QED) is 0.790. The first-order valence-electron chi connectivity index (χ1n) is 4.56. The molecule has 0 spiro atoms. The smallest absolute Gasteiger partial charge is 0.128 e. The molecule has 0 fully saturated rings. The van der Waals surface area contributed by atoms with Crippen molar-refractivity contribution in [2.45, 2.75) is 18.2 Å². The summed E-state index contributed by atoms with van der Waals surface area (Å²) in [6.07, 6.45) is 2.94. The van der Waals surface area contributed by atoms with Crippen LogP contribution in [0.5, 0.6) is 0 Å². The molecule has 2 nitrogen and oxygen atoms in total. The average Bonchev–Trinajstić information content (AvgIpc) is 2.15. The molecule has 1 heterocycles. The molecule has 4 heteroatoms. The molecule has 0 aromatic carbocycles. The third-order valence-corrected chi connectivity index (χ3v) is 2.89. The molecule has 1 unspecified atom stereocenters. The lowest BCUT2D eigenvalue weighted by Gasteiger charge is -2.18. The van der Waals surface area contributed by atoms with E-state index in [1.54, 1.807) is 0 Å². The second-order valence-corrected chi connectivity index (χ2v) is 5.80. The van der Waals surface area contributed by atoms with Crippen LogP contribution in [-0.4, -0.2) is 23.4 Å². The van der Waals surface area contributed by atoms with E-state index in [0.717, 1.165) is 23.3 Å². The predicted octanol–water partition coefficient (Wildman–Crippen LogP) is 3.45. The number of anilines is 1. The van der Waals surface area contributed by atoms with Crippen LogP contribution < -0.4 is 4.90 Å². The SMILES string of the molecule is CC(Br)CCN(C)c1ccc(Br)cn1. The van der Waals surface area contributed by atoms with Crippen LogP contribution in [0.4, 0.5) is 5.82 Å². The zero-order valence-electron chi connectivity index (χ0n) is 8.37. The van der Waals surface area contributed by atoms with E-state index in [4.69, 9.17) is 0 Å². The van der Waals surface area contributed by atoms with E-state index in [1.807, 2.05) is 18.3 Å². The van der Waals surface area contributed by atoms with Gasteiger partial charge in [-0.05, 0) is 34.5 Å². The van der Waals surface area contributed by atoms with E-state index in [9.17, 15) is 0 Å². The number of alkyl halides is 1. The summed E-state index contributed by atoms with van der Waals surface area (Å²) in [5.41, 5.74) is 0. The number of nitrogens with zero attached hydrogens (tertiary/aromatic N) is 2. The number of aromatic nitrogens is 1. The van der Waals surface area contributed by atoms with Gasteiger partial charge >= 0.3 is 0 Å². The molecule has 0 saturated heterocycles. The van der Waals surface area contributed by atoms with Crippen molar-refractivity contribution in [1.29, 1.82) is 0 Å². The minimum atomic E-state index is 0.556. The van der Waals surface area contributed by atoms with Gasteiger partial charge in [0.05, 0.1) is 0 Å². The molecule has 0 aliphatic rings. The minimum Gasteiger partial charge on any atom is -0.360 e. The van der Waals surface area contributed by atoms with Crippen molar-refractivity contribution < 1.29 is 0 Å². The molecule has 1 aromatic heterocycles. The summed E-state index contributed by atoms with van der Waals surface area (Å²) >= 11 is 6.90. The van der Waals surface area contributed by atoms with Crippen LogP contribution in [0.25, 0.3) is 0 Å². The zero-order valence-corrected chi connectivity index (χ0v) is 11.5. The Bertz CT molecular complexity index is 272. The highest BCUT2D eigenvalue weighted by Crippen LogP contribution is 2.14. The highest BCUT2D eigenvalue weighted by atomic mass is 79.9. The fourth-order valence-corrected chi connectivity index (χ4v) is 1.52. The maximum Gasteiger partial charge on any atom is 0.128 e. The van der Waals surface area contributed by atoms with E-state index < -0.39 is 0 Å². The minimum absolute atomic E-state index is 0.556. The normalized spacial score (nSPS) is 12.6. The van der Waals surface area contributed by atoms with Gasteiger partial charge in [0.1, 0.15) is 5.82 Å². The Labute approximate surface area is 102 Å². The second-order valence-electron chi connectivity index (χ2n) is 3.33. The first-order valence-corrected chi connectivity index (χ1v) is 6.27. The van der Waals surface area contributed by atoms with Crippen molar-refractivity contribution in [2.75, 3.05) is 18.5 Å². The fraction of sp³-hybridized carbons (Fsp3) is 0.500. The van der Waals surface area contributed by atoms with Crippen LogP contribution in [0.3, 0.4) is 0 Å². The van der Waals surface area contributed by atoms with Gasteiger partial charge in [-0.1, -0.05) is 22.9 Å². The van der Waals surface area contributed by atoms with Crippen LogP contribution in [0.15, 0.2) is 22.8 Å². The number of pyridine rings is 1. The Morgan fingerprint density at radius 1 is 1.50 bits per heavy atom. The first-order chi connectivity index (χ1) is 6.59. The molecule has 0 aliphatic carbocycles. The number of halogens is 2. The van der Waals surface area contributed by atoms with Crippen LogP contribution in [0, 0.1) is 0 Å². The van der Waals surface area contributed by atoms with Crippen LogP contribution in [0.2, 0.25) is 0 Å². The summed E-state index contributed by atoms with van der Waals surface area (Å²) in [5, 5.41) is 0. The Morgan fingerprint density at radius 3 is 2.71 bits per heavy atom. The molecule has 1 rings (SSSR count). The second kappa shape index (κ2) is 5.71. The van der Waals surface area contributed by atoms with E-state index in [2.05, 4.69) is 55.7 Å². The van der Waals surface area contributed by atoms with E-state index in [1.165, 1.54) is 0 Å². The highest BCUT2D eigenvalue weighted by Gasteiger charge is 2.03. The number of rotatable bonds is 4.